The van der Waals surface area contributed by atoms with Crippen LogP contribution in [0.5, 0.6) is 5.75 Å². The van der Waals surface area contributed by atoms with Gasteiger partial charge in [-0.15, -0.1) is 0 Å². The fourth-order valence-corrected chi connectivity index (χ4v) is 4.48. The molecule has 1 aliphatic rings. The number of amides is 8. The van der Waals surface area contributed by atoms with Gasteiger partial charge in [0.1, 0.15) is 29.4 Å². The van der Waals surface area contributed by atoms with Crippen molar-refractivity contribution in [1.29, 1.82) is 0 Å². The summed E-state index contributed by atoms with van der Waals surface area (Å²) in [5.41, 5.74) is 9.34. The third-order valence-electron chi connectivity index (χ3n) is 7.51. The van der Waals surface area contributed by atoms with Gasteiger partial charge in [0.15, 0.2) is 12.5 Å². The number of primary amides is 2. The zero-order valence-electron chi connectivity index (χ0n) is 25.2. The summed E-state index contributed by atoms with van der Waals surface area (Å²) in [6.45, 7) is 4.86. The number of carbonyl (C=O) groups excluding carboxylic acids is 8. The van der Waals surface area contributed by atoms with Crippen molar-refractivity contribution in [3.05, 3.63) is 29.8 Å². The summed E-state index contributed by atoms with van der Waals surface area (Å²) < 4.78 is 0. The first-order valence-electron chi connectivity index (χ1n) is 14.2. The number of aromatic hydroxyl groups is 1. The van der Waals surface area contributed by atoms with Crippen LogP contribution in [0.1, 0.15) is 52.0 Å². The van der Waals surface area contributed by atoms with Crippen LogP contribution in [0.4, 0.5) is 4.79 Å². The van der Waals surface area contributed by atoms with Crippen molar-refractivity contribution < 1.29 is 43.5 Å². The Labute approximate surface area is 259 Å². The number of hydrogen-bond donors (Lipinski definition) is 9. The zero-order chi connectivity index (χ0) is 33.9. The Morgan fingerprint density at radius 2 is 1.51 bits per heavy atom. The van der Waals surface area contributed by atoms with Crippen LogP contribution in [-0.4, -0.2) is 82.7 Å². The molecule has 0 bridgehead atoms. The van der Waals surface area contributed by atoms with E-state index >= 15 is 0 Å². The molecule has 45 heavy (non-hydrogen) atoms. The van der Waals surface area contributed by atoms with Crippen LogP contribution in [-0.2, 0) is 40.0 Å². The van der Waals surface area contributed by atoms with Crippen molar-refractivity contribution in [2.24, 2.45) is 17.4 Å². The van der Waals surface area contributed by atoms with E-state index in [4.69, 9.17) is 11.5 Å². The quantitative estimate of drug-likeness (QED) is 0.121. The van der Waals surface area contributed by atoms with Crippen molar-refractivity contribution in [3.63, 3.8) is 0 Å². The molecule has 1 saturated heterocycles. The summed E-state index contributed by atoms with van der Waals surface area (Å²) in [6.07, 6.45) is -2.64. The second kappa shape index (κ2) is 16.0. The number of benzene rings is 1. The summed E-state index contributed by atoms with van der Waals surface area (Å²) in [5.74, 6) is -6.09. The van der Waals surface area contributed by atoms with Gasteiger partial charge in [0.25, 0.3) is 0 Å². The summed E-state index contributed by atoms with van der Waals surface area (Å²) in [7, 11) is 0. The molecule has 1 aromatic carbocycles. The van der Waals surface area contributed by atoms with E-state index in [-0.39, 0.29) is 31.3 Å². The molecule has 11 N–H and O–H groups in total. The Hall–Kier alpha value is -5.22. The molecule has 0 aliphatic carbocycles. The molecule has 17 nitrogen and oxygen atoms in total. The van der Waals surface area contributed by atoms with Crippen LogP contribution in [0.25, 0.3) is 0 Å². The van der Waals surface area contributed by atoms with Crippen LogP contribution in [0, 0.1) is 5.92 Å². The largest absolute Gasteiger partial charge is 0.508 e. The first kappa shape index (κ1) is 36.0. The molecule has 1 aromatic rings. The molecule has 0 saturated carbocycles. The van der Waals surface area contributed by atoms with Gasteiger partial charge < -0.3 is 48.5 Å². The molecule has 246 valence electrons. The molecule has 1 heterocycles. The lowest BCUT2D eigenvalue weighted by Gasteiger charge is -2.37. The molecule has 2 rings (SSSR count). The topological polar surface area (TPSA) is 281 Å². The van der Waals surface area contributed by atoms with Crippen LogP contribution < -0.4 is 43.4 Å². The Morgan fingerprint density at radius 3 is 2.07 bits per heavy atom. The molecule has 8 amide bonds. The maximum absolute atomic E-state index is 13.8. The zero-order valence-corrected chi connectivity index (χ0v) is 25.2. The average Bonchev–Trinajstić information content (AvgIpc) is 2.97. The lowest BCUT2D eigenvalue weighted by atomic mass is 9.83. The molecular weight excluding hydrogens is 592 g/mol. The van der Waals surface area contributed by atoms with Crippen molar-refractivity contribution >= 4 is 47.8 Å². The van der Waals surface area contributed by atoms with Gasteiger partial charge >= 0.3 is 6.03 Å². The Kier molecular flexibility index (Phi) is 12.8. The summed E-state index contributed by atoms with van der Waals surface area (Å²) in [4.78, 5) is 102. The molecule has 17 heteroatoms. The van der Waals surface area contributed by atoms with E-state index < -0.39 is 83.6 Å². The van der Waals surface area contributed by atoms with Crippen molar-refractivity contribution in [3.8, 4) is 5.75 Å². The van der Waals surface area contributed by atoms with E-state index in [1.165, 1.54) is 31.2 Å². The maximum Gasteiger partial charge on any atom is 0.317 e. The third-order valence-corrected chi connectivity index (χ3v) is 7.51. The molecule has 0 radical (unpaired) electrons. The van der Waals surface area contributed by atoms with Gasteiger partial charge in [0, 0.05) is 12.8 Å². The second-order valence-corrected chi connectivity index (χ2v) is 10.9. The van der Waals surface area contributed by atoms with Crippen LogP contribution in [0.2, 0.25) is 0 Å². The molecule has 1 aliphatic heterocycles. The number of rotatable bonds is 10. The molecule has 6 atom stereocenters. The summed E-state index contributed by atoms with van der Waals surface area (Å²) in [6, 6.07) is 0.246. The number of urea groups is 1. The predicted molar refractivity (Wildman–Crippen MR) is 157 cm³/mol. The van der Waals surface area contributed by atoms with Gasteiger partial charge in [-0.2, -0.15) is 0 Å². The monoisotopic (exact) mass is 632 g/mol. The highest BCUT2D eigenvalue weighted by Gasteiger charge is 2.43. The number of phenolic OH excluding ortho intramolecular Hbond substituents is 1. The minimum absolute atomic E-state index is 0.0398. The minimum atomic E-state index is -1.69. The van der Waals surface area contributed by atoms with Gasteiger partial charge in [0.05, 0.1) is 6.42 Å². The van der Waals surface area contributed by atoms with E-state index in [0.717, 1.165) is 0 Å². The number of carbonyl (C=O) groups is 8. The normalized spacial score (nSPS) is 25.7. The van der Waals surface area contributed by atoms with E-state index in [1.54, 1.807) is 13.8 Å². The number of nitrogens with two attached hydrogens (primary N) is 2. The molecular formula is C28H40N8O9. The van der Waals surface area contributed by atoms with Crippen LogP contribution in [0.3, 0.4) is 0 Å². The van der Waals surface area contributed by atoms with E-state index in [0.29, 0.717) is 12.0 Å². The molecule has 0 aromatic heterocycles. The van der Waals surface area contributed by atoms with Gasteiger partial charge in [-0.1, -0.05) is 32.4 Å². The molecule has 0 unspecified atom stereocenters. The van der Waals surface area contributed by atoms with Gasteiger partial charge in [-0.25, -0.2) is 4.79 Å². The first-order valence-corrected chi connectivity index (χ1v) is 14.2. The number of phenols is 1. The van der Waals surface area contributed by atoms with Crippen molar-refractivity contribution in [1.82, 2.24) is 31.9 Å². The first-order chi connectivity index (χ1) is 21.1. The fourth-order valence-electron chi connectivity index (χ4n) is 4.48. The average molecular weight is 633 g/mol. The Bertz CT molecular complexity index is 1310. The van der Waals surface area contributed by atoms with Crippen LogP contribution >= 0.6 is 0 Å². The standard InChI is InChI=1S/C28H40N8O9/c1-4-14(2)28(3)26(44)32-17(9-10-20(29)39)23(41)31-19(12-21(30)40)24(42)34-22(13-37)35-27(45)33-18(25(43)36-28)11-15-5-7-16(38)8-6-15/h5-8,13-14,17-19,22,38H,4,9-12H2,1-3H3,(H2,29,39)(H2,30,40)(H,31,41)(H,32,44)(H,34,42)(H,36,43)(H2,33,35,45)/t14-,17-,18-,19-,22-,28-/m0/s1. The van der Waals surface area contributed by atoms with Crippen LogP contribution in [0.15, 0.2) is 24.3 Å². The number of hydrogen-bond acceptors (Lipinski definition) is 9. The lowest BCUT2D eigenvalue weighted by molar-refractivity contribution is -0.139. The highest BCUT2D eigenvalue weighted by molar-refractivity contribution is 5.99. The minimum Gasteiger partial charge on any atom is -0.508 e. The Balaban J connectivity index is 2.62. The van der Waals surface area contributed by atoms with Crippen molar-refractivity contribution in [2.75, 3.05) is 0 Å². The SMILES string of the molecule is CC[C@H](C)[C@]1(C)NC(=O)[C@H](Cc2ccc(O)cc2)NC(=O)N[C@@H](C=O)NC(=O)[C@H](CC(N)=O)NC(=O)[C@H](CCC(N)=O)NC1=O. The van der Waals surface area contributed by atoms with E-state index in [1.807, 2.05) is 0 Å². The van der Waals surface area contributed by atoms with Gasteiger partial charge in [-0.05, 0) is 37.0 Å². The Morgan fingerprint density at radius 1 is 0.889 bits per heavy atom. The maximum atomic E-state index is 13.8. The van der Waals surface area contributed by atoms with Gasteiger partial charge in [-0.3, -0.25) is 33.6 Å². The van der Waals surface area contributed by atoms with Gasteiger partial charge in [0.2, 0.25) is 35.4 Å². The third kappa shape index (κ3) is 10.5. The fraction of sp³-hybridized carbons (Fsp3) is 0.500. The summed E-state index contributed by atoms with van der Waals surface area (Å²) in [5, 5.41) is 23.9. The predicted octanol–water partition coefficient (Wildman–Crippen LogP) is -2.71. The molecule has 0 spiro atoms. The number of aldehydes is 1. The summed E-state index contributed by atoms with van der Waals surface area (Å²) >= 11 is 0. The molecule has 1 fully saturated rings. The van der Waals surface area contributed by atoms with Crippen molar-refractivity contribution in [2.45, 2.75) is 82.7 Å². The highest BCUT2D eigenvalue weighted by Crippen LogP contribution is 2.22. The smallest absolute Gasteiger partial charge is 0.317 e. The number of nitrogens with one attached hydrogen (secondary N) is 6. The highest BCUT2D eigenvalue weighted by atomic mass is 16.3. The second-order valence-electron chi connectivity index (χ2n) is 10.9. The van der Waals surface area contributed by atoms with E-state index in [9.17, 15) is 43.5 Å². The lowest BCUT2D eigenvalue weighted by Crippen LogP contribution is -2.67. The van der Waals surface area contributed by atoms with E-state index in [2.05, 4.69) is 31.9 Å².